The minimum absolute atomic E-state index is 0.224. The summed E-state index contributed by atoms with van der Waals surface area (Å²) in [5, 5.41) is 9.12. The van der Waals surface area contributed by atoms with Gasteiger partial charge >= 0.3 is 11.9 Å². The van der Waals surface area contributed by atoms with Crippen molar-refractivity contribution in [2.45, 2.75) is 19.4 Å². The first kappa shape index (κ1) is 12.5. The highest BCUT2D eigenvalue weighted by Gasteiger charge is 2.20. The Balaban J connectivity index is 2.75. The van der Waals surface area contributed by atoms with Gasteiger partial charge in [0.05, 0.1) is 5.56 Å². The molecule has 1 atom stereocenters. The van der Waals surface area contributed by atoms with Crippen LogP contribution in [0.4, 0.5) is 0 Å². The number of carbonyl (C=O) groups excluding carboxylic acids is 1. The Hall–Kier alpha value is -1.55. The van der Waals surface area contributed by atoms with E-state index in [2.05, 4.69) is 0 Å². The van der Waals surface area contributed by atoms with Crippen LogP contribution >= 0.6 is 11.6 Å². The lowest BCUT2D eigenvalue weighted by Gasteiger charge is -2.11. The zero-order chi connectivity index (χ0) is 12.1. The van der Waals surface area contributed by atoms with Crippen molar-refractivity contribution in [1.29, 1.82) is 0 Å². The summed E-state index contributed by atoms with van der Waals surface area (Å²) in [6.45, 7) is 1.63. The second-order valence-corrected chi connectivity index (χ2v) is 3.59. The number of benzene rings is 1. The number of aliphatic carboxylic acids is 1. The average Bonchev–Trinajstić information content (AvgIpc) is 2.25. The molecule has 0 aliphatic heterocycles. The van der Waals surface area contributed by atoms with E-state index < -0.39 is 18.0 Å². The monoisotopic (exact) mass is 242 g/mol. The summed E-state index contributed by atoms with van der Waals surface area (Å²) >= 11 is 5.70. The Bertz CT molecular complexity index is 403. The molecule has 0 saturated heterocycles. The van der Waals surface area contributed by atoms with Gasteiger partial charge in [-0.25, -0.2) is 9.59 Å². The number of rotatable bonds is 4. The second-order valence-electron chi connectivity index (χ2n) is 3.15. The van der Waals surface area contributed by atoms with Gasteiger partial charge in [0, 0.05) is 5.02 Å². The standard InChI is InChI=1S/C11H11ClO4/c1-2-9(10(13)14)16-11(15)7-4-3-5-8(12)6-7/h3-6,9H,2H2,1H3,(H,13,14). The molecule has 0 saturated carbocycles. The van der Waals surface area contributed by atoms with E-state index in [0.29, 0.717) is 5.02 Å². The highest BCUT2D eigenvalue weighted by Crippen LogP contribution is 2.13. The van der Waals surface area contributed by atoms with Gasteiger partial charge in [0.15, 0.2) is 6.10 Å². The smallest absolute Gasteiger partial charge is 0.345 e. The number of esters is 1. The average molecular weight is 243 g/mol. The van der Waals surface area contributed by atoms with Gasteiger partial charge in [-0.05, 0) is 24.6 Å². The van der Waals surface area contributed by atoms with E-state index in [9.17, 15) is 9.59 Å². The fourth-order valence-corrected chi connectivity index (χ4v) is 1.31. The van der Waals surface area contributed by atoms with Gasteiger partial charge in [0.2, 0.25) is 0 Å². The molecule has 1 unspecified atom stereocenters. The van der Waals surface area contributed by atoms with Crippen LogP contribution in [-0.4, -0.2) is 23.1 Å². The van der Waals surface area contributed by atoms with E-state index in [1.54, 1.807) is 19.1 Å². The van der Waals surface area contributed by atoms with Gasteiger partial charge in [-0.2, -0.15) is 0 Å². The van der Waals surface area contributed by atoms with Crippen molar-refractivity contribution in [3.8, 4) is 0 Å². The number of carboxylic acid groups (broad SMARTS) is 1. The Morgan fingerprint density at radius 2 is 2.19 bits per heavy atom. The highest BCUT2D eigenvalue weighted by atomic mass is 35.5. The molecule has 0 heterocycles. The highest BCUT2D eigenvalue weighted by molar-refractivity contribution is 6.30. The summed E-state index contributed by atoms with van der Waals surface area (Å²) in [5.41, 5.74) is 0.243. The third-order valence-electron chi connectivity index (χ3n) is 1.96. The van der Waals surface area contributed by atoms with Crippen molar-refractivity contribution in [2.75, 3.05) is 0 Å². The Kier molecular flexibility index (Phi) is 4.31. The minimum atomic E-state index is -1.15. The normalized spacial score (nSPS) is 11.9. The summed E-state index contributed by atoms with van der Waals surface area (Å²) < 4.78 is 4.81. The van der Waals surface area contributed by atoms with Crippen molar-refractivity contribution in [3.05, 3.63) is 34.9 Å². The summed E-state index contributed by atoms with van der Waals surface area (Å²) in [6, 6.07) is 6.16. The molecule has 1 N–H and O–H groups in total. The van der Waals surface area contributed by atoms with Crippen LogP contribution in [0.25, 0.3) is 0 Å². The van der Waals surface area contributed by atoms with Crippen LogP contribution < -0.4 is 0 Å². The number of hydrogen-bond donors (Lipinski definition) is 1. The van der Waals surface area contributed by atoms with Crippen molar-refractivity contribution in [1.82, 2.24) is 0 Å². The SMILES string of the molecule is CCC(OC(=O)c1cccc(Cl)c1)C(=O)O. The van der Waals surface area contributed by atoms with E-state index in [1.807, 2.05) is 0 Å². The molecule has 1 aromatic rings. The van der Waals surface area contributed by atoms with Crippen LogP contribution in [0.2, 0.25) is 5.02 Å². The zero-order valence-corrected chi connectivity index (χ0v) is 9.40. The molecule has 0 aromatic heterocycles. The first-order valence-corrected chi connectivity index (χ1v) is 5.11. The maximum absolute atomic E-state index is 11.5. The maximum Gasteiger partial charge on any atom is 0.345 e. The van der Waals surface area contributed by atoms with E-state index in [1.165, 1.54) is 12.1 Å². The number of carbonyl (C=O) groups is 2. The quantitative estimate of drug-likeness (QED) is 0.824. The molecule has 1 aromatic carbocycles. The van der Waals surface area contributed by atoms with Gasteiger partial charge in [0.25, 0.3) is 0 Å². The first-order chi connectivity index (χ1) is 7.54. The molecule has 1 rings (SSSR count). The summed E-state index contributed by atoms with van der Waals surface area (Å²) in [7, 11) is 0. The summed E-state index contributed by atoms with van der Waals surface area (Å²) in [4.78, 5) is 22.2. The van der Waals surface area contributed by atoms with E-state index in [0.717, 1.165) is 0 Å². The van der Waals surface area contributed by atoms with Crippen LogP contribution in [0.5, 0.6) is 0 Å². The first-order valence-electron chi connectivity index (χ1n) is 4.74. The predicted octanol–water partition coefficient (Wildman–Crippen LogP) is 2.36. The van der Waals surface area contributed by atoms with Crippen molar-refractivity contribution < 1.29 is 19.4 Å². The van der Waals surface area contributed by atoms with Crippen molar-refractivity contribution in [3.63, 3.8) is 0 Å². The van der Waals surface area contributed by atoms with Gasteiger partial charge in [-0.1, -0.05) is 24.6 Å². The Morgan fingerprint density at radius 1 is 1.50 bits per heavy atom. The molecule has 0 aliphatic rings. The number of halogens is 1. The Morgan fingerprint density at radius 3 is 2.69 bits per heavy atom. The molecule has 0 spiro atoms. The molecular formula is C11H11ClO4. The second kappa shape index (κ2) is 5.51. The largest absolute Gasteiger partial charge is 0.479 e. The fourth-order valence-electron chi connectivity index (χ4n) is 1.12. The maximum atomic E-state index is 11.5. The summed E-state index contributed by atoms with van der Waals surface area (Å²) in [6.07, 6.45) is -0.895. The molecule has 0 radical (unpaired) electrons. The number of carboxylic acids is 1. The molecule has 0 amide bonds. The van der Waals surface area contributed by atoms with Gasteiger partial charge in [0.1, 0.15) is 0 Å². The predicted molar refractivity (Wildman–Crippen MR) is 58.6 cm³/mol. The van der Waals surface area contributed by atoms with Crippen LogP contribution in [0.1, 0.15) is 23.7 Å². The summed E-state index contributed by atoms with van der Waals surface area (Å²) in [5.74, 6) is -1.84. The van der Waals surface area contributed by atoms with Crippen molar-refractivity contribution >= 4 is 23.5 Å². The number of hydrogen-bond acceptors (Lipinski definition) is 3. The molecule has 0 fully saturated rings. The van der Waals surface area contributed by atoms with Gasteiger partial charge < -0.3 is 9.84 Å². The molecular weight excluding hydrogens is 232 g/mol. The fraction of sp³-hybridized carbons (Fsp3) is 0.273. The number of ether oxygens (including phenoxy) is 1. The molecule has 4 nitrogen and oxygen atoms in total. The molecule has 86 valence electrons. The zero-order valence-electron chi connectivity index (χ0n) is 8.64. The lowest BCUT2D eigenvalue weighted by molar-refractivity contribution is -0.147. The third-order valence-corrected chi connectivity index (χ3v) is 2.19. The van der Waals surface area contributed by atoms with Gasteiger partial charge in [-0.15, -0.1) is 0 Å². The Labute approximate surface area is 97.8 Å². The van der Waals surface area contributed by atoms with E-state index in [-0.39, 0.29) is 12.0 Å². The molecule has 0 aliphatic carbocycles. The van der Waals surface area contributed by atoms with Crippen LogP contribution in [0, 0.1) is 0 Å². The van der Waals surface area contributed by atoms with Crippen LogP contribution in [0.3, 0.4) is 0 Å². The lowest BCUT2D eigenvalue weighted by Crippen LogP contribution is -2.26. The van der Waals surface area contributed by atoms with Gasteiger partial charge in [-0.3, -0.25) is 0 Å². The van der Waals surface area contributed by atoms with Crippen molar-refractivity contribution in [2.24, 2.45) is 0 Å². The molecule has 5 heteroatoms. The molecule has 0 bridgehead atoms. The molecule has 16 heavy (non-hydrogen) atoms. The minimum Gasteiger partial charge on any atom is -0.479 e. The van der Waals surface area contributed by atoms with Crippen LogP contribution in [0.15, 0.2) is 24.3 Å². The topological polar surface area (TPSA) is 63.6 Å². The lowest BCUT2D eigenvalue weighted by atomic mass is 10.2. The van der Waals surface area contributed by atoms with E-state index in [4.69, 9.17) is 21.4 Å². The van der Waals surface area contributed by atoms with Crippen LogP contribution in [-0.2, 0) is 9.53 Å². The third kappa shape index (κ3) is 3.24. The van der Waals surface area contributed by atoms with E-state index >= 15 is 0 Å².